The normalized spacial score (nSPS) is 15.4. The predicted octanol–water partition coefficient (Wildman–Crippen LogP) is 2.25. The first kappa shape index (κ1) is 20.0. The molecule has 0 heterocycles. The molecule has 4 nitrogen and oxygen atoms in total. The second-order valence-corrected chi connectivity index (χ2v) is 5.72. The van der Waals surface area contributed by atoms with Crippen molar-refractivity contribution in [3.63, 3.8) is 0 Å². The van der Waals surface area contributed by atoms with Gasteiger partial charge in [-0.15, -0.1) is 0 Å². The highest BCUT2D eigenvalue weighted by Crippen LogP contribution is 2.33. The van der Waals surface area contributed by atoms with Crippen LogP contribution in [0.3, 0.4) is 0 Å². The SMILES string of the molecule is CCC(c1ccccc1)C(C(=O)NCCC(F)(F)F)C(C)C(=O)[O-]. The number of hydrogen-bond donors (Lipinski definition) is 1. The van der Waals surface area contributed by atoms with Crippen LogP contribution in [0.4, 0.5) is 13.2 Å². The number of benzene rings is 1. The molecule has 3 atom stereocenters. The molecule has 1 aromatic rings. The molecule has 0 fully saturated rings. The molecule has 0 saturated heterocycles. The van der Waals surface area contributed by atoms with Gasteiger partial charge in [0.2, 0.25) is 5.91 Å². The molecule has 1 amide bonds. The average molecular weight is 344 g/mol. The molecule has 1 N–H and O–H groups in total. The number of nitrogens with one attached hydrogen (secondary N) is 1. The Morgan fingerprint density at radius 1 is 1.21 bits per heavy atom. The van der Waals surface area contributed by atoms with Gasteiger partial charge in [-0.25, -0.2) is 0 Å². The van der Waals surface area contributed by atoms with Crippen molar-refractivity contribution in [1.82, 2.24) is 5.32 Å². The number of aliphatic carboxylic acids is 1. The van der Waals surface area contributed by atoms with Crippen LogP contribution < -0.4 is 10.4 Å². The molecule has 0 spiro atoms. The van der Waals surface area contributed by atoms with Gasteiger partial charge in [-0.2, -0.15) is 13.2 Å². The van der Waals surface area contributed by atoms with Crippen LogP contribution in [0.5, 0.6) is 0 Å². The molecule has 24 heavy (non-hydrogen) atoms. The summed E-state index contributed by atoms with van der Waals surface area (Å²) in [6.07, 6.45) is -5.07. The first-order chi connectivity index (χ1) is 11.2. The summed E-state index contributed by atoms with van der Waals surface area (Å²) in [5.41, 5.74) is 0.768. The maximum atomic E-state index is 12.4. The van der Waals surface area contributed by atoms with E-state index in [0.29, 0.717) is 6.42 Å². The Kier molecular flexibility index (Phi) is 7.25. The molecule has 0 bridgehead atoms. The summed E-state index contributed by atoms with van der Waals surface area (Å²) in [5, 5.41) is 13.5. The highest BCUT2D eigenvalue weighted by atomic mass is 19.4. The Bertz CT molecular complexity index is 546. The average Bonchev–Trinajstić information content (AvgIpc) is 2.51. The minimum Gasteiger partial charge on any atom is -0.550 e. The molecular formula is C17H21F3NO3-. The van der Waals surface area contributed by atoms with E-state index in [2.05, 4.69) is 5.32 Å². The Morgan fingerprint density at radius 3 is 2.25 bits per heavy atom. The molecule has 0 saturated carbocycles. The number of carboxylic acid groups (broad SMARTS) is 1. The monoisotopic (exact) mass is 344 g/mol. The van der Waals surface area contributed by atoms with E-state index < -0.39 is 48.8 Å². The third-order valence-corrected chi connectivity index (χ3v) is 4.02. The van der Waals surface area contributed by atoms with Crippen molar-refractivity contribution < 1.29 is 27.9 Å². The highest BCUT2D eigenvalue weighted by Gasteiger charge is 2.34. The smallest absolute Gasteiger partial charge is 0.390 e. The van der Waals surface area contributed by atoms with E-state index in [4.69, 9.17) is 0 Å². The molecule has 0 aliphatic heterocycles. The molecule has 0 radical (unpaired) electrons. The van der Waals surface area contributed by atoms with E-state index in [0.717, 1.165) is 5.56 Å². The summed E-state index contributed by atoms with van der Waals surface area (Å²) in [7, 11) is 0. The van der Waals surface area contributed by atoms with E-state index in [-0.39, 0.29) is 0 Å². The molecule has 0 aromatic heterocycles. The largest absolute Gasteiger partial charge is 0.550 e. The van der Waals surface area contributed by atoms with Crippen LogP contribution in [0.25, 0.3) is 0 Å². The fraction of sp³-hybridized carbons (Fsp3) is 0.529. The number of hydrogen-bond acceptors (Lipinski definition) is 3. The van der Waals surface area contributed by atoms with Gasteiger partial charge in [-0.05, 0) is 17.9 Å². The summed E-state index contributed by atoms with van der Waals surface area (Å²) in [4.78, 5) is 23.6. The van der Waals surface area contributed by atoms with E-state index in [1.807, 2.05) is 0 Å². The Balaban J connectivity index is 2.98. The van der Waals surface area contributed by atoms with Gasteiger partial charge in [0.1, 0.15) is 0 Å². The lowest BCUT2D eigenvalue weighted by Gasteiger charge is -2.31. The fourth-order valence-electron chi connectivity index (χ4n) is 2.75. The first-order valence-electron chi connectivity index (χ1n) is 7.77. The number of rotatable bonds is 8. The summed E-state index contributed by atoms with van der Waals surface area (Å²) in [5.74, 6) is -4.66. The van der Waals surface area contributed by atoms with Gasteiger partial charge in [0.15, 0.2) is 0 Å². The number of alkyl halides is 3. The Hall–Kier alpha value is -2.05. The molecule has 134 valence electrons. The van der Waals surface area contributed by atoms with Crippen LogP contribution in [0, 0.1) is 11.8 Å². The van der Waals surface area contributed by atoms with Crippen molar-refractivity contribution in [2.75, 3.05) is 6.54 Å². The fourth-order valence-corrected chi connectivity index (χ4v) is 2.75. The third-order valence-electron chi connectivity index (χ3n) is 4.02. The number of amides is 1. The van der Waals surface area contributed by atoms with Crippen LogP contribution in [0.1, 0.15) is 38.2 Å². The molecule has 1 aromatic carbocycles. The Labute approximate surface area is 139 Å². The van der Waals surface area contributed by atoms with Crippen molar-refractivity contribution in [3.8, 4) is 0 Å². The zero-order chi connectivity index (χ0) is 18.3. The van der Waals surface area contributed by atoms with Gasteiger partial charge in [-0.3, -0.25) is 4.79 Å². The molecule has 3 unspecified atom stereocenters. The van der Waals surface area contributed by atoms with Gasteiger partial charge >= 0.3 is 6.18 Å². The van der Waals surface area contributed by atoms with Crippen LogP contribution in [-0.2, 0) is 9.59 Å². The van der Waals surface area contributed by atoms with Crippen molar-refractivity contribution >= 4 is 11.9 Å². The quantitative estimate of drug-likeness (QED) is 0.786. The molecule has 1 rings (SSSR count). The molecular weight excluding hydrogens is 323 g/mol. The topological polar surface area (TPSA) is 69.2 Å². The lowest BCUT2D eigenvalue weighted by atomic mass is 9.76. The van der Waals surface area contributed by atoms with Crippen LogP contribution in [0.15, 0.2) is 30.3 Å². The highest BCUT2D eigenvalue weighted by molar-refractivity contribution is 5.84. The van der Waals surface area contributed by atoms with E-state index in [9.17, 15) is 27.9 Å². The minimum atomic E-state index is -4.38. The number of halogens is 3. The predicted molar refractivity (Wildman–Crippen MR) is 80.8 cm³/mol. The standard InChI is InChI=1S/C17H22F3NO3/c1-3-13(12-7-5-4-6-8-12)14(11(2)16(23)24)15(22)21-10-9-17(18,19)20/h4-8,11,13-14H,3,9-10H2,1-2H3,(H,21,22)(H,23,24)/p-1. The second kappa shape index (κ2) is 8.70. The van der Waals surface area contributed by atoms with Gasteiger partial charge in [0.05, 0.1) is 12.3 Å². The third kappa shape index (κ3) is 5.86. The molecule has 7 heteroatoms. The van der Waals surface area contributed by atoms with Crippen LogP contribution >= 0.6 is 0 Å². The summed E-state index contributed by atoms with van der Waals surface area (Å²) < 4.78 is 36.7. The molecule has 0 aliphatic carbocycles. The van der Waals surface area contributed by atoms with Crippen LogP contribution in [0.2, 0.25) is 0 Å². The number of carbonyl (C=O) groups excluding carboxylic acids is 2. The van der Waals surface area contributed by atoms with Gasteiger partial charge in [0.25, 0.3) is 0 Å². The van der Waals surface area contributed by atoms with Gasteiger partial charge < -0.3 is 15.2 Å². The van der Waals surface area contributed by atoms with Crippen molar-refractivity contribution in [2.45, 2.75) is 38.8 Å². The second-order valence-electron chi connectivity index (χ2n) is 5.72. The Morgan fingerprint density at radius 2 is 1.79 bits per heavy atom. The lowest BCUT2D eigenvalue weighted by Crippen LogP contribution is -2.45. The first-order valence-corrected chi connectivity index (χ1v) is 7.77. The van der Waals surface area contributed by atoms with Gasteiger partial charge in [-0.1, -0.05) is 44.2 Å². The van der Waals surface area contributed by atoms with Crippen molar-refractivity contribution in [3.05, 3.63) is 35.9 Å². The summed E-state index contributed by atoms with van der Waals surface area (Å²) in [6.45, 7) is 2.56. The van der Waals surface area contributed by atoms with Crippen molar-refractivity contribution in [1.29, 1.82) is 0 Å². The van der Waals surface area contributed by atoms with E-state index in [1.165, 1.54) is 6.92 Å². The maximum absolute atomic E-state index is 12.4. The van der Waals surface area contributed by atoms with E-state index in [1.54, 1.807) is 37.3 Å². The zero-order valence-electron chi connectivity index (χ0n) is 13.6. The summed E-state index contributed by atoms with van der Waals surface area (Å²) in [6, 6.07) is 8.86. The minimum absolute atomic E-state index is 0.426. The molecule has 0 aliphatic rings. The lowest BCUT2D eigenvalue weighted by molar-refractivity contribution is -0.312. The summed E-state index contributed by atoms with van der Waals surface area (Å²) >= 11 is 0. The number of carboxylic acids is 1. The zero-order valence-corrected chi connectivity index (χ0v) is 13.6. The van der Waals surface area contributed by atoms with Crippen molar-refractivity contribution in [2.24, 2.45) is 11.8 Å². The van der Waals surface area contributed by atoms with Gasteiger partial charge in [0, 0.05) is 18.4 Å². The number of carbonyl (C=O) groups is 2. The van der Waals surface area contributed by atoms with Crippen LogP contribution in [-0.4, -0.2) is 24.6 Å². The maximum Gasteiger partial charge on any atom is 0.390 e. The van der Waals surface area contributed by atoms with E-state index >= 15 is 0 Å².